The minimum absolute atomic E-state index is 0.0419. The Kier molecular flexibility index (Phi) is 3.77. The molecule has 0 atom stereocenters. The molecule has 0 fully saturated rings. The fourth-order valence-electron chi connectivity index (χ4n) is 2.43. The lowest BCUT2D eigenvalue weighted by Gasteiger charge is -2.07. The van der Waals surface area contributed by atoms with E-state index in [0.717, 1.165) is 16.3 Å². The first kappa shape index (κ1) is 14.5. The number of rotatable bonds is 3. The second-order valence-electron chi connectivity index (χ2n) is 5.00. The quantitative estimate of drug-likeness (QED) is 0.745. The summed E-state index contributed by atoms with van der Waals surface area (Å²) in [6, 6.07) is 21.0. The van der Waals surface area contributed by atoms with E-state index in [9.17, 15) is 13.2 Å². The molecule has 0 saturated heterocycles. The third-order valence-electron chi connectivity index (χ3n) is 3.57. The summed E-state index contributed by atoms with van der Waals surface area (Å²) in [4.78, 5) is 12.3. The molecule has 110 valence electrons. The summed E-state index contributed by atoms with van der Waals surface area (Å²) in [6.07, 6.45) is -0.126. The summed E-state index contributed by atoms with van der Waals surface area (Å²) >= 11 is 0. The SMILES string of the molecule is O=C(Cc1cccc2ccccc12)S(=O)(=O)c1ccccc1. The van der Waals surface area contributed by atoms with Crippen LogP contribution in [-0.4, -0.2) is 13.5 Å². The van der Waals surface area contributed by atoms with E-state index in [0.29, 0.717) is 0 Å². The van der Waals surface area contributed by atoms with Crippen molar-refractivity contribution in [1.82, 2.24) is 0 Å². The Balaban J connectivity index is 1.97. The maximum Gasteiger partial charge on any atom is 0.255 e. The lowest BCUT2D eigenvalue weighted by Crippen LogP contribution is -2.17. The smallest absolute Gasteiger partial charge is 0.255 e. The number of sulfone groups is 1. The Hall–Kier alpha value is -2.46. The van der Waals surface area contributed by atoms with Gasteiger partial charge in [0, 0.05) is 6.42 Å². The number of benzene rings is 3. The number of carbonyl (C=O) groups excluding carboxylic acids is 1. The summed E-state index contributed by atoms with van der Waals surface area (Å²) in [7, 11) is -3.94. The molecule has 3 nitrogen and oxygen atoms in total. The molecule has 0 radical (unpaired) electrons. The molecule has 0 bridgehead atoms. The minimum atomic E-state index is -3.94. The van der Waals surface area contributed by atoms with Crippen molar-refractivity contribution in [3.8, 4) is 0 Å². The molecule has 3 aromatic carbocycles. The highest BCUT2D eigenvalue weighted by Gasteiger charge is 2.24. The van der Waals surface area contributed by atoms with Crippen LogP contribution in [0.3, 0.4) is 0 Å². The van der Waals surface area contributed by atoms with Crippen molar-refractivity contribution >= 4 is 25.7 Å². The van der Waals surface area contributed by atoms with Crippen molar-refractivity contribution in [1.29, 1.82) is 0 Å². The molecular weight excluding hydrogens is 296 g/mol. The Morgan fingerprint density at radius 1 is 0.773 bits per heavy atom. The standard InChI is InChI=1S/C18H14O3S/c19-18(22(20,21)16-10-2-1-3-11-16)13-15-9-6-8-14-7-4-5-12-17(14)15/h1-12H,13H2. The fraction of sp³-hybridized carbons (Fsp3) is 0.0556. The highest BCUT2D eigenvalue weighted by atomic mass is 32.2. The maximum absolute atomic E-state index is 12.3. The van der Waals surface area contributed by atoms with Crippen molar-refractivity contribution < 1.29 is 13.2 Å². The van der Waals surface area contributed by atoms with Crippen molar-refractivity contribution in [3.63, 3.8) is 0 Å². The van der Waals surface area contributed by atoms with Crippen molar-refractivity contribution in [3.05, 3.63) is 78.4 Å². The average molecular weight is 310 g/mol. The molecule has 3 aromatic rings. The van der Waals surface area contributed by atoms with Gasteiger partial charge in [-0.05, 0) is 28.5 Å². The normalized spacial score (nSPS) is 11.5. The van der Waals surface area contributed by atoms with Crippen LogP contribution in [0.25, 0.3) is 10.8 Å². The van der Waals surface area contributed by atoms with Crippen LogP contribution in [0.2, 0.25) is 0 Å². The molecule has 3 rings (SSSR count). The van der Waals surface area contributed by atoms with Crippen LogP contribution in [-0.2, 0) is 21.1 Å². The van der Waals surface area contributed by atoms with Crippen LogP contribution in [0.5, 0.6) is 0 Å². The van der Waals surface area contributed by atoms with Gasteiger partial charge in [0.15, 0.2) is 0 Å². The molecule has 4 heteroatoms. The molecule has 0 unspecified atom stereocenters. The zero-order chi connectivity index (χ0) is 15.6. The monoisotopic (exact) mass is 310 g/mol. The van der Waals surface area contributed by atoms with E-state index in [4.69, 9.17) is 0 Å². The van der Waals surface area contributed by atoms with Crippen molar-refractivity contribution in [2.24, 2.45) is 0 Å². The first-order chi connectivity index (χ1) is 10.6. The average Bonchev–Trinajstić information content (AvgIpc) is 2.56. The number of fused-ring (bicyclic) bond motifs is 1. The molecule has 0 spiro atoms. The zero-order valence-corrected chi connectivity index (χ0v) is 12.6. The third kappa shape index (κ3) is 2.65. The zero-order valence-electron chi connectivity index (χ0n) is 11.8. The van der Waals surface area contributed by atoms with Crippen molar-refractivity contribution in [2.45, 2.75) is 11.3 Å². The first-order valence-electron chi connectivity index (χ1n) is 6.88. The molecule has 0 aliphatic rings. The molecule has 0 amide bonds. The predicted molar refractivity (Wildman–Crippen MR) is 86.3 cm³/mol. The lowest BCUT2D eigenvalue weighted by atomic mass is 10.0. The lowest BCUT2D eigenvalue weighted by molar-refractivity contribution is -0.111. The fourth-order valence-corrected chi connectivity index (χ4v) is 3.55. The summed E-state index contributed by atoms with van der Waals surface area (Å²) in [6.45, 7) is 0. The van der Waals surface area contributed by atoms with Crippen LogP contribution in [0.1, 0.15) is 5.56 Å². The van der Waals surface area contributed by atoms with E-state index < -0.39 is 15.0 Å². The maximum atomic E-state index is 12.3. The second-order valence-corrected chi connectivity index (χ2v) is 6.94. The highest BCUT2D eigenvalue weighted by molar-refractivity contribution is 8.06. The number of hydrogen-bond donors (Lipinski definition) is 0. The summed E-state index contributed by atoms with van der Waals surface area (Å²) < 4.78 is 24.6. The second kappa shape index (κ2) is 5.73. The highest BCUT2D eigenvalue weighted by Crippen LogP contribution is 2.21. The summed E-state index contributed by atoms with van der Waals surface area (Å²) in [5.41, 5.74) is 0.725. The van der Waals surface area contributed by atoms with Gasteiger partial charge in [-0.15, -0.1) is 0 Å². The summed E-state index contributed by atoms with van der Waals surface area (Å²) in [5.74, 6) is 0. The van der Waals surface area contributed by atoms with E-state index in [1.807, 2.05) is 36.4 Å². The number of carbonyl (C=O) groups is 1. The molecule has 0 aromatic heterocycles. The molecule has 22 heavy (non-hydrogen) atoms. The van der Waals surface area contributed by atoms with E-state index >= 15 is 0 Å². The molecule has 0 aliphatic heterocycles. The van der Waals surface area contributed by atoms with E-state index in [1.165, 1.54) is 12.1 Å². The molecular formula is C18H14O3S. The van der Waals surface area contributed by atoms with E-state index in [2.05, 4.69) is 0 Å². The van der Waals surface area contributed by atoms with Gasteiger partial charge in [-0.1, -0.05) is 60.7 Å². The predicted octanol–water partition coefficient (Wildman–Crippen LogP) is 3.38. The van der Waals surface area contributed by atoms with Crippen LogP contribution < -0.4 is 0 Å². The van der Waals surface area contributed by atoms with Gasteiger partial charge in [-0.3, -0.25) is 4.79 Å². The van der Waals surface area contributed by atoms with Gasteiger partial charge in [0.25, 0.3) is 5.12 Å². The van der Waals surface area contributed by atoms with Gasteiger partial charge in [-0.25, -0.2) is 8.42 Å². The molecule has 0 heterocycles. The Bertz CT molecular complexity index is 923. The minimum Gasteiger partial charge on any atom is -0.281 e. The first-order valence-corrected chi connectivity index (χ1v) is 8.37. The van der Waals surface area contributed by atoms with Gasteiger partial charge in [-0.2, -0.15) is 0 Å². The Labute approximate surface area is 129 Å². The largest absolute Gasteiger partial charge is 0.281 e. The molecule has 0 aliphatic carbocycles. The van der Waals surface area contributed by atoms with Crippen LogP contribution in [0, 0.1) is 0 Å². The van der Waals surface area contributed by atoms with E-state index in [1.54, 1.807) is 24.3 Å². The third-order valence-corrected chi connectivity index (χ3v) is 5.20. The number of hydrogen-bond acceptors (Lipinski definition) is 3. The van der Waals surface area contributed by atoms with Crippen LogP contribution in [0.15, 0.2) is 77.7 Å². The van der Waals surface area contributed by atoms with Gasteiger partial charge in [0.1, 0.15) is 0 Å². The van der Waals surface area contributed by atoms with Crippen LogP contribution in [0.4, 0.5) is 0 Å². The van der Waals surface area contributed by atoms with Gasteiger partial charge in [0.05, 0.1) is 4.90 Å². The van der Waals surface area contributed by atoms with Gasteiger partial charge in [0.2, 0.25) is 9.84 Å². The molecule has 0 saturated carbocycles. The molecule has 0 N–H and O–H groups in total. The van der Waals surface area contributed by atoms with Crippen molar-refractivity contribution in [2.75, 3.05) is 0 Å². The van der Waals surface area contributed by atoms with E-state index in [-0.39, 0.29) is 11.3 Å². The summed E-state index contributed by atoms with van der Waals surface area (Å²) in [5, 5.41) is 1.11. The van der Waals surface area contributed by atoms with Gasteiger partial charge < -0.3 is 0 Å². The van der Waals surface area contributed by atoms with Crippen LogP contribution >= 0.6 is 0 Å². The van der Waals surface area contributed by atoms with Gasteiger partial charge >= 0.3 is 0 Å². The Morgan fingerprint density at radius 3 is 2.18 bits per heavy atom. The Morgan fingerprint density at radius 2 is 1.41 bits per heavy atom. The topological polar surface area (TPSA) is 51.2 Å².